The van der Waals surface area contributed by atoms with Crippen molar-refractivity contribution >= 4 is 11.8 Å². The van der Waals surface area contributed by atoms with Crippen LogP contribution in [0.5, 0.6) is 0 Å². The number of rotatable bonds is 3. The second kappa shape index (κ2) is 7.27. The number of pyridine rings is 1. The first-order valence-corrected chi connectivity index (χ1v) is 8.34. The van der Waals surface area contributed by atoms with Gasteiger partial charge in [-0.25, -0.2) is 4.79 Å². The SMILES string of the molecule is O=C1N[C@H](c2ccccc2C(F)(F)F)[C@@H](C(=O)c2cccnc2)[C@@](O)(C(F)(F)F)N1. The fourth-order valence-corrected chi connectivity index (χ4v) is 3.31. The number of aliphatic hydroxyl groups is 1. The largest absolute Gasteiger partial charge is 0.437 e. The summed E-state index contributed by atoms with van der Waals surface area (Å²) in [5.41, 5.74) is -6.68. The van der Waals surface area contributed by atoms with E-state index in [1.165, 1.54) is 17.6 Å². The second-order valence-corrected chi connectivity index (χ2v) is 6.51. The van der Waals surface area contributed by atoms with E-state index >= 15 is 0 Å². The maximum atomic E-state index is 13.8. The van der Waals surface area contributed by atoms with Crippen LogP contribution in [-0.4, -0.2) is 33.8 Å². The molecule has 1 aliphatic heterocycles. The molecule has 160 valence electrons. The molecule has 30 heavy (non-hydrogen) atoms. The summed E-state index contributed by atoms with van der Waals surface area (Å²) in [4.78, 5) is 28.4. The van der Waals surface area contributed by atoms with Gasteiger partial charge < -0.3 is 15.7 Å². The molecule has 1 fully saturated rings. The predicted molar refractivity (Wildman–Crippen MR) is 88.9 cm³/mol. The Morgan fingerprint density at radius 2 is 1.73 bits per heavy atom. The summed E-state index contributed by atoms with van der Waals surface area (Å²) in [5.74, 6) is -3.94. The van der Waals surface area contributed by atoms with Crippen molar-refractivity contribution in [1.82, 2.24) is 15.6 Å². The highest BCUT2D eigenvalue weighted by Crippen LogP contribution is 2.46. The fourth-order valence-electron chi connectivity index (χ4n) is 3.31. The van der Waals surface area contributed by atoms with Gasteiger partial charge in [0.15, 0.2) is 5.78 Å². The number of hydrogen-bond acceptors (Lipinski definition) is 4. The van der Waals surface area contributed by atoms with Crippen molar-refractivity contribution < 1.29 is 41.0 Å². The summed E-state index contributed by atoms with van der Waals surface area (Å²) in [6.45, 7) is 0. The zero-order chi connectivity index (χ0) is 22.3. The Bertz CT molecular complexity index is 964. The molecule has 0 spiro atoms. The van der Waals surface area contributed by atoms with Gasteiger partial charge in [-0.15, -0.1) is 0 Å². The third-order valence-electron chi connectivity index (χ3n) is 4.64. The average molecular weight is 433 g/mol. The van der Waals surface area contributed by atoms with Crippen molar-refractivity contribution in [2.24, 2.45) is 5.92 Å². The molecule has 3 N–H and O–H groups in total. The van der Waals surface area contributed by atoms with Gasteiger partial charge in [0.05, 0.1) is 11.6 Å². The maximum Gasteiger partial charge on any atom is 0.437 e. The molecular weight excluding hydrogens is 420 g/mol. The maximum absolute atomic E-state index is 13.8. The molecule has 1 aromatic carbocycles. The third kappa shape index (κ3) is 3.70. The van der Waals surface area contributed by atoms with Crippen LogP contribution in [0.4, 0.5) is 31.1 Å². The zero-order valence-electron chi connectivity index (χ0n) is 14.8. The number of amides is 2. The van der Waals surface area contributed by atoms with E-state index < -0.39 is 58.5 Å². The van der Waals surface area contributed by atoms with Crippen molar-refractivity contribution in [3.63, 3.8) is 0 Å². The van der Waals surface area contributed by atoms with Crippen molar-refractivity contribution in [3.8, 4) is 0 Å². The molecule has 1 saturated heterocycles. The van der Waals surface area contributed by atoms with Gasteiger partial charge in [0.25, 0.3) is 0 Å². The van der Waals surface area contributed by atoms with Gasteiger partial charge in [0.1, 0.15) is 5.92 Å². The minimum absolute atomic E-state index is 0.391. The number of alkyl halides is 6. The molecule has 1 aromatic heterocycles. The van der Waals surface area contributed by atoms with Gasteiger partial charge in [-0.2, -0.15) is 26.3 Å². The summed E-state index contributed by atoms with van der Waals surface area (Å²) in [6, 6.07) is 2.13. The molecule has 0 unspecified atom stereocenters. The number of ketones is 1. The third-order valence-corrected chi connectivity index (χ3v) is 4.64. The number of halogens is 6. The van der Waals surface area contributed by atoms with Crippen molar-refractivity contribution in [2.45, 2.75) is 24.1 Å². The molecule has 0 bridgehead atoms. The number of carbonyl (C=O) groups excluding carboxylic acids is 2. The molecule has 0 aliphatic carbocycles. The Balaban J connectivity index is 2.25. The summed E-state index contributed by atoms with van der Waals surface area (Å²) in [7, 11) is 0. The highest BCUT2D eigenvalue weighted by atomic mass is 19.4. The van der Waals surface area contributed by atoms with Gasteiger partial charge in [-0.05, 0) is 23.8 Å². The monoisotopic (exact) mass is 433 g/mol. The lowest BCUT2D eigenvalue weighted by Gasteiger charge is -2.45. The van der Waals surface area contributed by atoms with Crippen LogP contribution in [-0.2, 0) is 6.18 Å². The molecule has 2 aromatic rings. The van der Waals surface area contributed by atoms with Crippen molar-refractivity contribution in [2.75, 3.05) is 0 Å². The van der Waals surface area contributed by atoms with Crippen LogP contribution < -0.4 is 10.6 Å². The van der Waals surface area contributed by atoms with Crippen molar-refractivity contribution in [3.05, 3.63) is 65.5 Å². The normalized spacial score (nSPS) is 24.7. The number of carbonyl (C=O) groups is 2. The van der Waals surface area contributed by atoms with E-state index in [0.29, 0.717) is 6.07 Å². The van der Waals surface area contributed by atoms with E-state index in [4.69, 9.17) is 0 Å². The van der Waals surface area contributed by atoms with Crippen LogP contribution in [0.3, 0.4) is 0 Å². The summed E-state index contributed by atoms with van der Waals surface area (Å²) >= 11 is 0. The summed E-state index contributed by atoms with van der Waals surface area (Å²) in [6.07, 6.45) is -8.45. The lowest BCUT2D eigenvalue weighted by atomic mass is 9.76. The lowest BCUT2D eigenvalue weighted by Crippen LogP contribution is -2.73. The molecular formula is C18H13F6N3O3. The zero-order valence-corrected chi connectivity index (χ0v) is 14.8. The molecule has 3 rings (SSSR count). The fraction of sp³-hybridized carbons (Fsp3) is 0.278. The smallest absolute Gasteiger partial charge is 0.363 e. The van der Waals surface area contributed by atoms with E-state index in [-0.39, 0.29) is 0 Å². The molecule has 6 nitrogen and oxygen atoms in total. The number of aromatic nitrogens is 1. The molecule has 3 atom stereocenters. The highest BCUT2D eigenvalue weighted by Gasteiger charge is 2.66. The standard InChI is InChI=1S/C18H13F6N3O3/c19-17(20,21)11-6-2-1-5-10(11)13-12(14(28)9-4-3-7-25-8-9)16(30,18(22,23)24)27-15(29)26-13/h1-8,12-13,30H,(H2,26,27,29)/t12-,13+,16+/m0/s1. The lowest BCUT2D eigenvalue weighted by molar-refractivity contribution is -0.287. The quantitative estimate of drug-likeness (QED) is 0.512. The van der Waals surface area contributed by atoms with E-state index in [1.54, 1.807) is 0 Å². The molecule has 1 aliphatic rings. The minimum Gasteiger partial charge on any atom is -0.363 e. The molecule has 2 amide bonds. The molecule has 2 heterocycles. The summed E-state index contributed by atoms with van der Waals surface area (Å²) in [5, 5.41) is 13.5. The highest BCUT2D eigenvalue weighted by molar-refractivity contribution is 6.00. The van der Waals surface area contributed by atoms with Crippen LogP contribution in [0.25, 0.3) is 0 Å². The Labute approximate surface area is 164 Å². The van der Waals surface area contributed by atoms with Crippen LogP contribution >= 0.6 is 0 Å². The second-order valence-electron chi connectivity index (χ2n) is 6.51. The predicted octanol–water partition coefficient (Wildman–Crippen LogP) is 3.20. The van der Waals surface area contributed by atoms with Crippen LogP contribution in [0, 0.1) is 5.92 Å². The van der Waals surface area contributed by atoms with E-state index in [9.17, 15) is 41.0 Å². The van der Waals surface area contributed by atoms with Gasteiger partial charge in [-0.3, -0.25) is 9.78 Å². The van der Waals surface area contributed by atoms with Crippen LogP contribution in [0.1, 0.15) is 27.5 Å². The van der Waals surface area contributed by atoms with E-state index in [1.807, 2.05) is 5.32 Å². The number of urea groups is 1. The Kier molecular flexibility index (Phi) is 5.23. The first kappa shape index (κ1) is 21.6. The van der Waals surface area contributed by atoms with E-state index in [0.717, 1.165) is 30.5 Å². The topological polar surface area (TPSA) is 91.3 Å². The average Bonchev–Trinajstić information content (AvgIpc) is 2.66. The molecule has 0 saturated carbocycles. The summed E-state index contributed by atoms with van der Waals surface area (Å²) < 4.78 is 81.7. The van der Waals surface area contributed by atoms with Crippen molar-refractivity contribution in [1.29, 1.82) is 0 Å². The van der Waals surface area contributed by atoms with Crippen LogP contribution in [0.15, 0.2) is 48.8 Å². The van der Waals surface area contributed by atoms with Gasteiger partial charge in [0.2, 0.25) is 5.72 Å². The number of hydrogen-bond donors (Lipinski definition) is 3. The minimum atomic E-state index is -5.58. The number of Topliss-reactive ketones (excluding diaryl/α,β-unsaturated/α-hetero) is 1. The number of nitrogens with one attached hydrogen (secondary N) is 2. The van der Waals surface area contributed by atoms with Crippen LogP contribution in [0.2, 0.25) is 0 Å². The number of nitrogens with zero attached hydrogens (tertiary/aromatic N) is 1. The Morgan fingerprint density at radius 3 is 2.30 bits per heavy atom. The van der Waals surface area contributed by atoms with Gasteiger partial charge in [-0.1, -0.05) is 18.2 Å². The Hall–Kier alpha value is -3.15. The van der Waals surface area contributed by atoms with E-state index in [2.05, 4.69) is 4.98 Å². The molecule has 12 heteroatoms. The first-order chi connectivity index (χ1) is 13.9. The molecule has 0 radical (unpaired) electrons. The number of benzene rings is 1. The first-order valence-electron chi connectivity index (χ1n) is 8.34. The Morgan fingerprint density at radius 1 is 1.07 bits per heavy atom. The van der Waals surface area contributed by atoms with Gasteiger partial charge >= 0.3 is 18.4 Å². The van der Waals surface area contributed by atoms with Gasteiger partial charge in [0, 0.05) is 18.0 Å².